The molecule has 6 rings (SSSR count). The molecule has 0 radical (unpaired) electrons. The lowest BCUT2D eigenvalue weighted by Gasteiger charge is -2.34. The van der Waals surface area contributed by atoms with Crippen molar-refractivity contribution in [3.05, 3.63) is 60.7 Å². The number of aromatic amines is 2. The summed E-state index contributed by atoms with van der Waals surface area (Å²) in [5.41, 5.74) is 7.27. The van der Waals surface area contributed by atoms with Gasteiger partial charge in [0.05, 0.1) is 28.7 Å². The van der Waals surface area contributed by atoms with Crippen molar-refractivity contribution in [2.45, 2.75) is 6.92 Å². The number of nitrogens with one attached hydrogen (secondary N) is 2. The molecule has 0 amide bonds. The van der Waals surface area contributed by atoms with Crippen molar-refractivity contribution >= 4 is 65.0 Å². The first-order valence-electron chi connectivity index (χ1n) is 11.8. The molecule has 0 saturated carbocycles. The quantitative estimate of drug-likeness (QED) is 0.224. The van der Waals surface area contributed by atoms with E-state index < -0.39 is 0 Å². The minimum atomic E-state index is 0. The highest BCUT2D eigenvalue weighted by atomic mass is 35.5. The average molecular weight is 579 g/mol. The molecule has 5 aromatic rings. The Morgan fingerprint density at radius 2 is 1.29 bits per heavy atom. The Morgan fingerprint density at radius 1 is 0.737 bits per heavy atom. The highest BCUT2D eigenvalue weighted by molar-refractivity contribution is 5.87. The highest BCUT2D eigenvalue weighted by Gasteiger charge is 2.16. The van der Waals surface area contributed by atoms with Gasteiger partial charge in [-0.15, -0.1) is 37.2 Å². The maximum atomic E-state index is 5.55. The molecule has 1 aliphatic rings. The summed E-state index contributed by atoms with van der Waals surface area (Å²) in [5.74, 6) is 2.58. The molecule has 1 aliphatic heterocycles. The van der Waals surface area contributed by atoms with Crippen LogP contribution in [0.2, 0.25) is 0 Å². The van der Waals surface area contributed by atoms with E-state index in [-0.39, 0.29) is 43.4 Å². The van der Waals surface area contributed by atoms with E-state index in [2.05, 4.69) is 57.1 Å². The Labute approximate surface area is 241 Å². The van der Waals surface area contributed by atoms with Gasteiger partial charge in [0.15, 0.2) is 0 Å². The number of rotatable bonds is 5. The molecule has 5 N–H and O–H groups in total. The number of benzene rings is 3. The maximum absolute atomic E-state index is 5.55. The van der Waals surface area contributed by atoms with Gasteiger partial charge >= 0.3 is 0 Å². The Morgan fingerprint density at radius 3 is 1.92 bits per heavy atom. The second-order valence-corrected chi connectivity index (χ2v) is 8.85. The van der Waals surface area contributed by atoms with Crippen molar-refractivity contribution in [3.8, 4) is 28.5 Å². The fourth-order valence-corrected chi connectivity index (χ4v) is 4.57. The molecular formula is C27H34Cl3N7O. The Bertz CT molecular complexity index is 1460. The Kier molecular flexibility index (Phi) is 10.8. The lowest BCUT2D eigenvalue weighted by molar-refractivity contribution is 0.313. The van der Waals surface area contributed by atoms with E-state index in [1.54, 1.807) is 0 Å². The average Bonchev–Trinajstić information content (AvgIpc) is 3.48. The van der Waals surface area contributed by atoms with Crippen molar-refractivity contribution in [3.63, 3.8) is 0 Å². The molecule has 1 fully saturated rings. The first kappa shape index (κ1) is 31.2. The molecule has 0 spiro atoms. The van der Waals surface area contributed by atoms with Crippen LogP contribution in [-0.2, 0) is 0 Å². The predicted octanol–water partition coefficient (Wildman–Crippen LogP) is 6.35. The molecule has 3 heterocycles. The van der Waals surface area contributed by atoms with Crippen molar-refractivity contribution in [1.29, 1.82) is 0 Å². The van der Waals surface area contributed by atoms with Gasteiger partial charge < -0.3 is 30.7 Å². The summed E-state index contributed by atoms with van der Waals surface area (Å²) in [5, 5.41) is 0. The third-order valence-electron chi connectivity index (χ3n) is 6.53. The van der Waals surface area contributed by atoms with E-state index in [0.29, 0.717) is 6.61 Å². The number of H-pyrrole nitrogens is 2. The van der Waals surface area contributed by atoms with E-state index >= 15 is 0 Å². The third kappa shape index (κ3) is 6.17. The molecule has 38 heavy (non-hydrogen) atoms. The molecule has 0 unspecified atom stereocenters. The number of imidazole rings is 2. The number of aromatic nitrogens is 4. The van der Waals surface area contributed by atoms with Crippen molar-refractivity contribution < 1.29 is 4.74 Å². The van der Waals surface area contributed by atoms with Gasteiger partial charge in [0, 0.05) is 43.0 Å². The zero-order valence-electron chi connectivity index (χ0n) is 21.4. The van der Waals surface area contributed by atoms with Crippen LogP contribution >= 0.6 is 37.2 Å². The van der Waals surface area contributed by atoms with Gasteiger partial charge in [-0.2, -0.15) is 0 Å². The number of piperazine rings is 1. The number of likely N-dealkylation sites (N-methyl/N-ethyl adjacent to an activating group) is 1. The van der Waals surface area contributed by atoms with Crippen LogP contribution < -0.4 is 15.8 Å². The van der Waals surface area contributed by atoms with Crippen LogP contribution in [0, 0.1) is 0 Å². The lowest BCUT2D eigenvalue weighted by atomic mass is 10.2. The van der Waals surface area contributed by atoms with Gasteiger partial charge in [-0.25, -0.2) is 9.97 Å². The fourth-order valence-electron chi connectivity index (χ4n) is 4.57. The highest BCUT2D eigenvalue weighted by Crippen LogP contribution is 2.28. The van der Waals surface area contributed by atoms with E-state index in [1.807, 2.05) is 37.3 Å². The molecule has 1 saturated heterocycles. The number of hydrogen-bond donors (Lipinski definition) is 3. The van der Waals surface area contributed by atoms with Gasteiger partial charge in [-0.3, -0.25) is 0 Å². The molecule has 2 aromatic heterocycles. The van der Waals surface area contributed by atoms with Crippen LogP contribution in [-0.4, -0.2) is 64.7 Å². The SMILES string of the molecule is CCOc1ccc(-c2nc3ccc(-c4nc5ccc(N6CCN(C)CC6)cc5[nH]4)cc3[nH]2)cc1.Cl.Cl.Cl.N. The maximum Gasteiger partial charge on any atom is 0.138 e. The summed E-state index contributed by atoms with van der Waals surface area (Å²) in [4.78, 5) is 21.4. The first-order chi connectivity index (χ1) is 16.7. The van der Waals surface area contributed by atoms with Gasteiger partial charge in [0.2, 0.25) is 0 Å². The second-order valence-electron chi connectivity index (χ2n) is 8.85. The number of ether oxygens (including phenoxy) is 1. The Balaban J connectivity index is 0.00000127. The smallest absolute Gasteiger partial charge is 0.138 e. The van der Waals surface area contributed by atoms with E-state index in [4.69, 9.17) is 14.7 Å². The Hall–Kier alpha value is -3.01. The zero-order valence-corrected chi connectivity index (χ0v) is 23.9. The molecule has 11 heteroatoms. The van der Waals surface area contributed by atoms with Gasteiger partial charge in [0.1, 0.15) is 17.4 Å². The van der Waals surface area contributed by atoms with Crippen LogP contribution in [0.4, 0.5) is 5.69 Å². The van der Waals surface area contributed by atoms with Crippen molar-refractivity contribution in [2.24, 2.45) is 0 Å². The van der Waals surface area contributed by atoms with Gasteiger partial charge in [0.25, 0.3) is 0 Å². The predicted molar refractivity (Wildman–Crippen MR) is 164 cm³/mol. The normalized spacial score (nSPS) is 13.3. The monoisotopic (exact) mass is 577 g/mol. The van der Waals surface area contributed by atoms with Crippen LogP contribution in [0.15, 0.2) is 60.7 Å². The molecule has 204 valence electrons. The summed E-state index contributed by atoms with van der Waals surface area (Å²) < 4.78 is 5.55. The summed E-state index contributed by atoms with van der Waals surface area (Å²) in [7, 11) is 2.18. The van der Waals surface area contributed by atoms with Gasteiger partial charge in [-0.1, -0.05) is 0 Å². The summed E-state index contributed by atoms with van der Waals surface area (Å²) in [6, 6.07) is 20.7. The van der Waals surface area contributed by atoms with Crippen LogP contribution in [0.5, 0.6) is 5.75 Å². The minimum Gasteiger partial charge on any atom is -0.494 e. The first-order valence-corrected chi connectivity index (χ1v) is 11.8. The molecular weight excluding hydrogens is 545 g/mol. The summed E-state index contributed by atoms with van der Waals surface area (Å²) in [6.07, 6.45) is 0. The fraction of sp³-hybridized carbons (Fsp3) is 0.259. The molecule has 0 atom stereocenters. The number of nitrogens with zero attached hydrogens (tertiary/aromatic N) is 4. The van der Waals surface area contributed by atoms with Gasteiger partial charge in [-0.05, 0) is 74.6 Å². The molecule has 0 bridgehead atoms. The van der Waals surface area contributed by atoms with Crippen molar-refractivity contribution in [2.75, 3.05) is 44.7 Å². The van der Waals surface area contributed by atoms with Crippen molar-refractivity contribution in [1.82, 2.24) is 31.0 Å². The van der Waals surface area contributed by atoms with E-state index in [1.165, 1.54) is 5.69 Å². The van der Waals surface area contributed by atoms with Crippen LogP contribution in [0.1, 0.15) is 6.92 Å². The second kappa shape index (κ2) is 13.2. The lowest BCUT2D eigenvalue weighted by Crippen LogP contribution is -2.44. The largest absolute Gasteiger partial charge is 0.494 e. The van der Waals surface area contributed by atoms with E-state index in [0.717, 1.165) is 76.8 Å². The van der Waals surface area contributed by atoms with Crippen LogP contribution in [0.3, 0.4) is 0 Å². The van der Waals surface area contributed by atoms with Crippen LogP contribution in [0.25, 0.3) is 44.8 Å². The molecule has 3 aromatic carbocycles. The standard InChI is InChI=1S/C27H28N6O.3ClH.H3N/c1-3-34-21-8-4-18(5-9-21)26-28-22-10-6-19(16-24(22)30-26)27-29-23-11-7-20(17-25(23)31-27)33-14-12-32(2)13-15-33;;;;/h4-11,16-17H,3,12-15H2,1-2H3,(H,28,30)(H,29,31);3*1H;1H3. The minimum absolute atomic E-state index is 0. The molecule has 8 nitrogen and oxygen atoms in total. The zero-order chi connectivity index (χ0) is 23.1. The number of hydrogen-bond acceptors (Lipinski definition) is 6. The summed E-state index contributed by atoms with van der Waals surface area (Å²) >= 11 is 0. The summed E-state index contributed by atoms with van der Waals surface area (Å²) in [6.45, 7) is 6.93. The number of halogens is 3. The van der Waals surface area contributed by atoms with E-state index in [9.17, 15) is 0 Å². The number of fused-ring (bicyclic) bond motifs is 2. The third-order valence-corrected chi connectivity index (χ3v) is 6.53. The molecule has 0 aliphatic carbocycles. The number of anilines is 1. The topological polar surface area (TPSA) is 108 Å².